The fourth-order valence-corrected chi connectivity index (χ4v) is 3.45. The predicted molar refractivity (Wildman–Crippen MR) is 85.6 cm³/mol. The first-order chi connectivity index (χ1) is 11.2. The standard InChI is InChI=1S/C17H19FN4O/c18-13-4-5-15-14(8-13)16(20-11-19-15)22-9-12(10-22)17(23)21-6-2-1-3-7-21/h4-5,8,11-12H,1-3,6-7,9-10H2. The van der Waals surface area contributed by atoms with Crippen molar-refractivity contribution in [3.8, 4) is 0 Å². The molecule has 0 aliphatic carbocycles. The number of halogens is 1. The number of fused-ring (bicyclic) bond motifs is 1. The highest BCUT2D eigenvalue weighted by molar-refractivity contribution is 5.91. The second kappa shape index (κ2) is 5.76. The van der Waals surface area contributed by atoms with Gasteiger partial charge in [0.2, 0.25) is 5.91 Å². The van der Waals surface area contributed by atoms with E-state index < -0.39 is 0 Å². The maximum absolute atomic E-state index is 13.5. The molecule has 2 fully saturated rings. The number of aromatic nitrogens is 2. The van der Waals surface area contributed by atoms with Crippen LogP contribution in [0.5, 0.6) is 0 Å². The van der Waals surface area contributed by atoms with Crippen molar-refractivity contribution in [1.82, 2.24) is 14.9 Å². The van der Waals surface area contributed by atoms with Gasteiger partial charge in [-0.2, -0.15) is 0 Å². The molecule has 0 unspecified atom stereocenters. The van der Waals surface area contributed by atoms with Crippen LogP contribution in [0.1, 0.15) is 19.3 Å². The van der Waals surface area contributed by atoms with E-state index in [0.717, 1.165) is 37.3 Å². The van der Waals surface area contributed by atoms with Gasteiger partial charge in [0.1, 0.15) is 18.0 Å². The predicted octanol–water partition coefficient (Wildman–Crippen LogP) is 2.22. The highest BCUT2D eigenvalue weighted by Gasteiger charge is 2.37. The van der Waals surface area contributed by atoms with Crippen LogP contribution in [0.4, 0.5) is 10.2 Å². The Labute approximate surface area is 134 Å². The summed E-state index contributed by atoms with van der Waals surface area (Å²) in [5.74, 6) is 0.712. The van der Waals surface area contributed by atoms with Crippen LogP contribution in [0.15, 0.2) is 24.5 Å². The Morgan fingerprint density at radius 2 is 1.91 bits per heavy atom. The van der Waals surface area contributed by atoms with E-state index in [1.54, 1.807) is 6.07 Å². The van der Waals surface area contributed by atoms with Crippen LogP contribution in [-0.2, 0) is 4.79 Å². The number of carbonyl (C=O) groups excluding carboxylic acids is 1. The van der Waals surface area contributed by atoms with Crippen molar-refractivity contribution in [2.45, 2.75) is 19.3 Å². The van der Waals surface area contributed by atoms with E-state index in [4.69, 9.17) is 0 Å². The molecule has 120 valence electrons. The second-order valence-corrected chi connectivity index (χ2v) is 6.35. The summed E-state index contributed by atoms with van der Waals surface area (Å²) in [5, 5.41) is 0.705. The van der Waals surface area contributed by atoms with Gasteiger partial charge in [-0.15, -0.1) is 0 Å². The van der Waals surface area contributed by atoms with Gasteiger partial charge < -0.3 is 9.80 Å². The number of hydrogen-bond acceptors (Lipinski definition) is 4. The normalized spacial score (nSPS) is 19.0. The lowest BCUT2D eigenvalue weighted by Gasteiger charge is -2.42. The Kier molecular flexibility index (Phi) is 3.59. The molecule has 0 N–H and O–H groups in total. The van der Waals surface area contributed by atoms with E-state index in [9.17, 15) is 9.18 Å². The number of carbonyl (C=O) groups is 1. The summed E-state index contributed by atoms with van der Waals surface area (Å²) in [5.41, 5.74) is 0.724. The Morgan fingerprint density at radius 3 is 2.70 bits per heavy atom. The quantitative estimate of drug-likeness (QED) is 0.853. The fraction of sp³-hybridized carbons (Fsp3) is 0.471. The number of hydrogen-bond donors (Lipinski definition) is 0. The SMILES string of the molecule is O=C(C1CN(c2ncnc3ccc(F)cc23)C1)N1CCCCC1. The van der Waals surface area contributed by atoms with E-state index in [-0.39, 0.29) is 17.6 Å². The summed E-state index contributed by atoms with van der Waals surface area (Å²) < 4.78 is 13.5. The topological polar surface area (TPSA) is 49.3 Å². The molecule has 0 atom stereocenters. The van der Waals surface area contributed by atoms with Crippen LogP contribution in [-0.4, -0.2) is 47.0 Å². The number of amides is 1. The van der Waals surface area contributed by atoms with Crippen molar-refractivity contribution in [3.63, 3.8) is 0 Å². The number of likely N-dealkylation sites (tertiary alicyclic amines) is 1. The number of anilines is 1. The first-order valence-electron chi connectivity index (χ1n) is 8.16. The van der Waals surface area contributed by atoms with Crippen molar-refractivity contribution in [2.75, 3.05) is 31.1 Å². The van der Waals surface area contributed by atoms with Crippen molar-refractivity contribution < 1.29 is 9.18 Å². The van der Waals surface area contributed by atoms with Crippen molar-refractivity contribution in [1.29, 1.82) is 0 Å². The molecule has 5 nitrogen and oxygen atoms in total. The van der Waals surface area contributed by atoms with Crippen molar-refractivity contribution >= 4 is 22.6 Å². The molecule has 0 radical (unpaired) electrons. The van der Waals surface area contributed by atoms with Crippen LogP contribution < -0.4 is 4.90 Å². The molecule has 0 saturated carbocycles. The monoisotopic (exact) mass is 314 g/mol. The van der Waals surface area contributed by atoms with Crippen LogP contribution >= 0.6 is 0 Å². The molecule has 2 saturated heterocycles. The Morgan fingerprint density at radius 1 is 1.13 bits per heavy atom. The van der Waals surface area contributed by atoms with Gasteiger partial charge in [-0.1, -0.05) is 0 Å². The smallest absolute Gasteiger partial charge is 0.229 e. The van der Waals surface area contributed by atoms with Crippen LogP contribution in [0.2, 0.25) is 0 Å². The summed E-state index contributed by atoms with van der Waals surface area (Å²) in [6, 6.07) is 4.52. The highest BCUT2D eigenvalue weighted by Crippen LogP contribution is 2.30. The van der Waals surface area contributed by atoms with E-state index in [1.807, 2.05) is 9.80 Å². The van der Waals surface area contributed by atoms with E-state index in [2.05, 4.69) is 9.97 Å². The Balaban J connectivity index is 1.49. The number of nitrogens with zero attached hydrogens (tertiary/aromatic N) is 4. The van der Waals surface area contributed by atoms with E-state index in [1.165, 1.54) is 24.9 Å². The maximum Gasteiger partial charge on any atom is 0.229 e. The summed E-state index contributed by atoms with van der Waals surface area (Å²) in [6.45, 7) is 3.07. The lowest BCUT2D eigenvalue weighted by atomic mass is 9.96. The fourth-order valence-electron chi connectivity index (χ4n) is 3.45. The summed E-state index contributed by atoms with van der Waals surface area (Å²) in [6.07, 6.45) is 4.93. The van der Waals surface area contributed by atoms with Gasteiger partial charge in [-0.3, -0.25) is 4.79 Å². The number of piperidine rings is 1. The zero-order chi connectivity index (χ0) is 15.8. The van der Waals surface area contributed by atoms with Crippen molar-refractivity contribution in [3.05, 3.63) is 30.3 Å². The summed E-state index contributed by atoms with van der Waals surface area (Å²) in [7, 11) is 0. The highest BCUT2D eigenvalue weighted by atomic mass is 19.1. The molecule has 4 rings (SSSR count). The Hall–Kier alpha value is -2.24. The van der Waals surface area contributed by atoms with E-state index >= 15 is 0 Å². The molecular weight excluding hydrogens is 295 g/mol. The molecule has 23 heavy (non-hydrogen) atoms. The molecule has 0 spiro atoms. The van der Waals surface area contributed by atoms with Gasteiger partial charge in [-0.25, -0.2) is 14.4 Å². The third kappa shape index (κ3) is 2.62. The minimum absolute atomic E-state index is 0.0340. The number of benzene rings is 1. The molecule has 1 aromatic heterocycles. The molecule has 6 heteroatoms. The van der Waals surface area contributed by atoms with Crippen LogP contribution in [0.3, 0.4) is 0 Å². The molecule has 1 amide bonds. The molecule has 0 bridgehead atoms. The van der Waals surface area contributed by atoms with Crippen molar-refractivity contribution in [2.24, 2.45) is 5.92 Å². The van der Waals surface area contributed by atoms with Gasteiger partial charge in [0, 0.05) is 31.6 Å². The average Bonchev–Trinajstić information content (AvgIpc) is 2.54. The van der Waals surface area contributed by atoms with Gasteiger partial charge in [0.15, 0.2) is 0 Å². The summed E-state index contributed by atoms with van der Waals surface area (Å²) >= 11 is 0. The molecule has 2 aliphatic rings. The second-order valence-electron chi connectivity index (χ2n) is 6.35. The average molecular weight is 314 g/mol. The third-order valence-electron chi connectivity index (χ3n) is 4.77. The largest absolute Gasteiger partial charge is 0.354 e. The molecule has 3 heterocycles. The van der Waals surface area contributed by atoms with Crippen LogP contribution in [0.25, 0.3) is 10.9 Å². The first-order valence-corrected chi connectivity index (χ1v) is 8.16. The zero-order valence-electron chi connectivity index (χ0n) is 12.9. The molecular formula is C17H19FN4O. The lowest BCUT2D eigenvalue weighted by Crippen LogP contribution is -2.55. The molecule has 2 aliphatic heterocycles. The van der Waals surface area contributed by atoms with Gasteiger partial charge in [0.05, 0.1) is 11.4 Å². The third-order valence-corrected chi connectivity index (χ3v) is 4.77. The van der Waals surface area contributed by atoms with Crippen LogP contribution in [0, 0.1) is 11.7 Å². The van der Waals surface area contributed by atoms with Gasteiger partial charge in [0.25, 0.3) is 0 Å². The maximum atomic E-state index is 13.5. The molecule has 2 aromatic rings. The van der Waals surface area contributed by atoms with Gasteiger partial charge in [-0.05, 0) is 37.5 Å². The minimum Gasteiger partial charge on any atom is -0.354 e. The zero-order valence-corrected chi connectivity index (χ0v) is 12.9. The van der Waals surface area contributed by atoms with Gasteiger partial charge >= 0.3 is 0 Å². The molecule has 1 aromatic carbocycles. The Bertz CT molecular complexity index is 738. The first kappa shape index (κ1) is 14.4. The number of rotatable bonds is 2. The summed E-state index contributed by atoms with van der Waals surface area (Å²) in [4.78, 5) is 25.0. The minimum atomic E-state index is -0.296. The lowest BCUT2D eigenvalue weighted by molar-refractivity contribution is -0.137. The van der Waals surface area contributed by atoms with E-state index in [0.29, 0.717) is 18.5 Å².